The molecule has 0 aromatic heterocycles. The summed E-state index contributed by atoms with van der Waals surface area (Å²) in [5, 5.41) is 0. The Hall–Kier alpha value is -0.970. The maximum absolute atomic E-state index is 12.9. The van der Waals surface area contributed by atoms with Gasteiger partial charge in [-0.1, -0.05) is 35.9 Å². The highest BCUT2D eigenvalue weighted by atomic mass is 79.9. The van der Waals surface area contributed by atoms with Crippen molar-refractivity contribution in [1.29, 1.82) is 0 Å². The largest absolute Gasteiger partial charge is 0.460 e. The molecular formula is C15H19BrO4. The fourth-order valence-corrected chi connectivity index (χ4v) is 5.33. The summed E-state index contributed by atoms with van der Waals surface area (Å²) in [5.74, 6) is -2.21. The summed E-state index contributed by atoms with van der Waals surface area (Å²) in [7, 11) is 0. The molecule has 0 N–H and O–H groups in total. The molecule has 20 heavy (non-hydrogen) atoms. The number of rotatable bonds is 4. The number of carbonyl (C=O) groups is 3. The van der Waals surface area contributed by atoms with Crippen LogP contribution in [-0.4, -0.2) is 28.5 Å². The molecule has 0 aromatic carbocycles. The second-order valence-electron chi connectivity index (χ2n) is 6.08. The van der Waals surface area contributed by atoms with E-state index in [1.54, 1.807) is 13.0 Å². The summed E-state index contributed by atoms with van der Waals surface area (Å²) >= 11 is 3.31. The molecule has 0 amide bonds. The Balaban J connectivity index is 2.50. The minimum atomic E-state index is -1.46. The number of esters is 1. The molecule has 5 heteroatoms. The van der Waals surface area contributed by atoms with E-state index in [1.807, 2.05) is 13.8 Å². The third-order valence-electron chi connectivity index (χ3n) is 5.20. The molecule has 4 nitrogen and oxygen atoms in total. The van der Waals surface area contributed by atoms with Crippen molar-refractivity contribution in [1.82, 2.24) is 0 Å². The summed E-state index contributed by atoms with van der Waals surface area (Å²) in [6.07, 6.45) is 3.04. The fraction of sp³-hybridized carbons (Fsp3) is 0.667. The van der Waals surface area contributed by atoms with Crippen molar-refractivity contribution < 1.29 is 19.1 Å². The van der Waals surface area contributed by atoms with Gasteiger partial charge in [-0.2, -0.15) is 0 Å². The molecule has 2 fully saturated rings. The summed E-state index contributed by atoms with van der Waals surface area (Å²) in [6.45, 7) is 9.47. The lowest BCUT2D eigenvalue weighted by molar-refractivity contribution is -0.156. The smallest absolute Gasteiger partial charge is 0.376 e. The summed E-state index contributed by atoms with van der Waals surface area (Å²) < 4.78 is 3.31. The van der Waals surface area contributed by atoms with E-state index >= 15 is 0 Å². The molecule has 0 aromatic rings. The van der Waals surface area contributed by atoms with Gasteiger partial charge in [-0.15, -0.1) is 6.58 Å². The van der Waals surface area contributed by atoms with Crippen molar-refractivity contribution in [3.63, 3.8) is 0 Å². The third-order valence-corrected chi connectivity index (χ3v) is 6.48. The van der Waals surface area contributed by atoms with Gasteiger partial charge in [-0.25, -0.2) is 4.79 Å². The number of hydrogen-bond donors (Lipinski definition) is 0. The number of carbonyl (C=O) groups excluding carboxylic acids is 3. The van der Waals surface area contributed by atoms with Crippen LogP contribution in [0.3, 0.4) is 0 Å². The van der Waals surface area contributed by atoms with Gasteiger partial charge in [-0.3, -0.25) is 9.59 Å². The number of fused-ring (bicyclic) bond motifs is 2. The van der Waals surface area contributed by atoms with Crippen molar-refractivity contribution in [3.8, 4) is 0 Å². The molecule has 2 rings (SSSR count). The van der Waals surface area contributed by atoms with Crippen LogP contribution in [0.2, 0.25) is 0 Å². The molecule has 110 valence electrons. The lowest BCUT2D eigenvalue weighted by Gasteiger charge is -2.32. The first-order chi connectivity index (χ1) is 9.20. The Bertz CT molecular complexity index is 510. The number of alkyl halides is 1. The topological polar surface area (TPSA) is 60.4 Å². The number of ether oxygens (including phenoxy) is 1. The second kappa shape index (κ2) is 4.52. The van der Waals surface area contributed by atoms with Crippen LogP contribution in [0.15, 0.2) is 12.7 Å². The van der Waals surface area contributed by atoms with Crippen LogP contribution in [0.25, 0.3) is 0 Å². The van der Waals surface area contributed by atoms with Gasteiger partial charge in [0.15, 0.2) is 10.1 Å². The minimum absolute atomic E-state index is 0.114. The Morgan fingerprint density at radius 2 is 2.10 bits per heavy atom. The van der Waals surface area contributed by atoms with E-state index in [9.17, 15) is 14.4 Å². The first kappa shape index (κ1) is 15.4. The zero-order valence-electron chi connectivity index (χ0n) is 12.0. The molecule has 0 aliphatic heterocycles. The highest BCUT2D eigenvalue weighted by Crippen LogP contribution is 2.70. The molecule has 0 radical (unpaired) electrons. The summed E-state index contributed by atoms with van der Waals surface area (Å²) in [4.78, 5) is 37.1. The van der Waals surface area contributed by atoms with Crippen molar-refractivity contribution >= 4 is 33.5 Å². The molecule has 0 unspecified atom stereocenters. The standard InChI is InChI=1S/C15H19BrO4/c1-5-14-8-7-9(13(14,3)4)15(16,12(14)19)10(17)11(18)20-6-2/h5,9H,1,6-8H2,2-4H3/t9-,14-,15-/m0/s1. The maximum atomic E-state index is 12.9. The molecule has 2 aliphatic carbocycles. The number of Topliss-reactive ketones (excluding diaryl/α,β-unsaturated/α-hetero) is 2. The van der Waals surface area contributed by atoms with Gasteiger partial charge in [0.25, 0.3) is 5.78 Å². The van der Waals surface area contributed by atoms with Crippen LogP contribution in [0, 0.1) is 16.7 Å². The van der Waals surface area contributed by atoms with Crippen molar-refractivity contribution in [2.75, 3.05) is 6.61 Å². The zero-order valence-corrected chi connectivity index (χ0v) is 13.6. The fourth-order valence-electron chi connectivity index (χ4n) is 4.02. The number of ketones is 2. The van der Waals surface area contributed by atoms with Crippen molar-refractivity contribution in [2.45, 2.75) is 37.9 Å². The highest BCUT2D eigenvalue weighted by molar-refractivity contribution is 9.10. The Labute approximate surface area is 127 Å². The van der Waals surface area contributed by atoms with Crippen LogP contribution in [0.4, 0.5) is 0 Å². The molecule has 0 heterocycles. The van der Waals surface area contributed by atoms with Gasteiger partial charge in [-0.05, 0) is 31.1 Å². The third kappa shape index (κ3) is 1.50. The average Bonchev–Trinajstić information content (AvgIpc) is 2.73. The van der Waals surface area contributed by atoms with Crippen molar-refractivity contribution in [2.24, 2.45) is 16.7 Å². The highest BCUT2D eigenvalue weighted by Gasteiger charge is 2.76. The summed E-state index contributed by atoms with van der Waals surface area (Å²) in [5.41, 5.74) is -1.15. The molecule has 0 saturated heterocycles. The monoisotopic (exact) mass is 342 g/mol. The minimum Gasteiger partial charge on any atom is -0.460 e. The Kier molecular flexibility index (Phi) is 3.48. The Morgan fingerprint density at radius 3 is 2.55 bits per heavy atom. The molecule has 2 aliphatic rings. The Morgan fingerprint density at radius 1 is 1.50 bits per heavy atom. The maximum Gasteiger partial charge on any atom is 0.376 e. The summed E-state index contributed by atoms with van der Waals surface area (Å²) in [6, 6.07) is 0. The second-order valence-corrected chi connectivity index (χ2v) is 7.33. The van der Waals surface area contributed by atoms with Gasteiger partial charge < -0.3 is 4.74 Å². The van der Waals surface area contributed by atoms with E-state index in [2.05, 4.69) is 22.5 Å². The first-order valence-corrected chi connectivity index (χ1v) is 7.58. The quantitative estimate of drug-likeness (QED) is 0.259. The lowest BCUT2D eigenvalue weighted by atomic mass is 9.69. The molecule has 0 spiro atoms. The zero-order chi connectivity index (χ0) is 15.3. The normalized spacial score (nSPS) is 37.8. The lowest BCUT2D eigenvalue weighted by Crippen LogP contribution is -2.51. The van der Waals surface area contributed by atoms with E-state index in [0.29, 0.717) is 12.8 Å². The van der Waals surface area contributed by atoms with E-state index < -0.39 is 26.9 Å². The molecule has 3 atom stereocenters. The average molecular weight is 343 g/mol. The van der Waals surface area contributed by atoms with Crippen molar-refractivity contribution in [3.05, 3.63) is 12.7 Å². The van der Waals surface area contributed by atoms with Gasteiger partial charge in [0, 0.05) is 0 Å². The van der Waals surface area contributed by atoms with Crippen LogP contribution in [-0.2, 0) is 19.1 Å². The SMILES string of the molecule is C=C[C@@]12CC[C@@H](C1(C)C)[C@](Br)(C(=O)C(=O)OCC)C2=O. The van der Waals surface area contributed by atoms with Gasteiger partial charge in [0.1, 0.15) is 0 Å². The van der Waals surface area contributed by atoms with E-state index in [0.717, 1.165) is 0 Å². The van der Waals surface area contributed by atoms with E-state index in [4.69, 9.17) is 4.74 Å². The number of halogens is 1. The first-order valence-electron chi connectivity index (χ1n) is 6.79. The molecule has 2 bridgehead atoms. The van der Waals surface area contributed by atoms with Crippen LogP contribution < -0.4 is 0 Å². The number of allylic oxidation sites excluding steroid dienone is 1. The molecule has 2 saturated carbocycles. The predicted molar refractivity (Wildman–Crippen MR) is 77.4 cm³/mol. The van der Waals surface area contributed by atoms with Gasteiger partial charge >= 0.3 is 5.97 Å². The molecular weight excluding hydrogens is 324 g/mol. The number of hydrogen-bond acceptors (Lipinski definition) is 4. The van der Waals surface area contributed by atoms with Crippen LogP contribution >= 0.6 is 15.9 Å². The predicted octanol–water partition coefficient (Wildman–Crippen LogP) is 2.44. The van der Waals surface area contributed by atoms with Gasteiger partial charge in [0.05, 0.1) is 12.0 Å². The van der Waals surface area contributed by atoms with Crippen LogP contribution in [0.5, 0.6) is 0 Å². The van der Waals surface area contributed by atoms with E-state index in [-0.39, 0.29) is 18.3 Å². The van der Waals surface area contributed by atoms with Crippen LogP contribution in [0.1, 0.15) is 33.6 Å². The van der Waals surface area contributed by atoms with E-state index in [1.165, 1.54) is 0 Å². The van der Waals surface area contributed by atoms with Gasteiger partial charge in [0.2, 0.25) is 0 Å².